The van der Waals surface area contributed by atoms with E-state index in [1.807, 2.05) is 18.4 Å². The molecule has 1 fully saturated rings. The number of aromatic nitrogens is 1. The number of thiazole rings is 1. The fourth-order valence-corrected chi connectivity index (χ4v) is 3.78. The minimum absolute atomic E-state index is 0.386. The molecule has 108 valence electrons. The third-order valence-electron chi connectivity index (χ3n) is 4.19. The van der Waals surface area contributed by atoms with E-state index >= 15 is 0 Å². The van der Waals surface area contributed by atoms with E-state index in [0.717, 1.165) is 0 Å². The molecule has 1 aromatic rings. The molecule has 1 N–H and O–H groups in total. The topological polar surface area (TPSA) is 31.4 Å². The molecule has 0 bridgehead atoms. The molecule has 0 spiro atoms. The number of hydrogen-bond acceptors (Lipinski definition) is 5. The van der Waals surface area contributed by atoms with Crippen molar-refractivity contribution in [2.75, 3.05) is 39.1 Å². The van der Waals surface area contributed by atoms with Gasteiger partial charge in [-0.25, -0.2) is 4.98 Å². The van der Waals surface area contributed by atoms with Crippen LogP contribution in [-0.2, 0) is 0 Å². The molecule has 0 aliphatic carbocycles. The van der Waals surface area contributed by atoms with Crippen molar-refractivity contribution >= 4 is 16.5 Å². The van der Waals surface area contributed by atoms with E-state index in [4.69, 9.17) is 4.98 Å². The van der Waals surface area contributed by atoms with Gasteiger partial charge in [0.2, 0.25) is 0 Å². The molecule has 0 radical (unpaired) electrons. The van der Waals surface area contributed by atoms with Crippen molar-refractivity contribution in [1.82, 2.24) is 15.2 Å². The predicted molar refractivity (Wildman–Crippen MR) is 83.2 cm³/mol. The van der Waals surface area contributed by atoms with Crippen LogP contribution in [0.25, 0.3) is 0 Å². The van der Waals surface area contributed by atoms with Gasteiger partial charge in [0, 0.05) is 24.0 Å². The van der Waals surface area contributed by atoms with Gasteiger partial charge in [-0.05, 0) is 53.9 Å². The van der Waals surface area contributed by atoms with Crippen molar-refractivity contribution < 1.29 is 0 Å². The molecule has 1 unspecified atom stereocenters. The number of nitrogens with one attached hydrogen (secondary N) is 1. The maximum atomic E-state index is 4.76. The lowest BCUT2D eigenvalue weighted by Gasteiger charge is -2.34. The quantitative estimate of drug-likeness (QED) is 0.918. The van der Waals surface area contributed by atoms with Crippen LogP contribution in [-0.4, -0.2) is 50.2 Å². The number of anilines is 1. The summed E-state index contributed by atoms with van der Waals surface area (Å²) >= 11 is 1.83. The van der Waals surface area contributed by atoms with Crippen LogP contribution in [0.2, 0.25) is 0 Å². The molecule has 1 aliphatic heterocycles. The Balaban J connectivity index is 2.09. The maximum Gasteiger partial charge on any atom is 0.185 e. The second-order valence-corrected chi connectivity index (χ2v) is 6.61. The van der Waals surface area contributed by atoms with Crippen LogP contribution in [0.3, 0.4) is 0 Å². The summed E-state index contributed by atoms with van der Waals surface area (Å²) in [6.45, 7) is 6.70. The van der Waals surface area contributed by atoms with Crippen LogP contribution in [0.5, 0.6) is 0 Å². The van der Waals surface area contributed by atoms with E-state index < -0.39 is 0 Å². The van der Waals surface area contributed by atoms with Gasteiger partial charge in [0.25, 0.3) is 0 Å². The highest BCUT2D eigenvalue weighted by Gasteiger charge is 2.24. The van der Waals surface area contributed by atoms with Crippen molar-refractivity contribution in [2.24, 2.45) is 0 Å². The Kier molecular flexibility index (Phi) is 4.81. The van der Waals surface area contributed by atoms with Gasteiger partial charge in [0.15, 0.2) is 5.13 Å². The van der Waals surface area contributed by atoms with Crippen LogP contribution < -0.4 is 10.2 Å². The lowest BCUT2D eigenvalue weighted by atomic mass is 10.0. The molecule has 4 nitrogen and oxygen atoms in total. The first kappa shape index (κ1) is 14.8. The van der Waals surface area contributed by atoms with Crippen molar-refractivity contribution in [1.29, 1.82) is 0 Å². The van der Waals surface area contributed by atoms with Crippen LogP contribution in [0, 0.1) is 6.92 Å². The van der Waals surface area contributed by atoms with Gasteiger partial charge in [-0.3, -0.25) is 0 Å². The zero-order valence-corrected chi connectivity index (χ0v) is 13.5. The molecule has 1 saturated heterocycles. The van der Waals surface area contributed by atoms with Gasteiger partial charge >= 0.3 is 0 Å². The highest BCUT2D eigenvalue weighted by Crippen LogP contribution is 2.32. The summed E-state index contributed by atoms with van der Waals surface area (Å²) in [6, 6.07) is 1.02. The standard InChI is InChI=1S/C14H26N4S/c1-10(15-3)13-11(2)16-14(19-13)18(5)12-6-8-17(4)9-7-12/h10,12,15H,6-9H2,1-5H3. The summed E-state index contributed by atoms with van der Waals surface area (Å²) in [5.41, 5.74) is 1.17. The Hall–Kier alpha value is -0.650. The SMILES string of the molecule is CNC(C)c1sc(N(C)C2CCN(C)CC2)nc1C. The summed E-state index contributed by atoms with van der Waals surface area (Å²) in [7, 11) is 6.41. The van der Waals surface area contributed by atoms with Gasteiger partial charge in [-0.15, -0.1) is 11.3 Å². The molecule has 1 aromatic heterocycles. The van der Waals surface area contributed by atoms with E-state index in [1.54, 1.807) is 0 Å². The molecule has 0 saturated carbocycles. The number of hydrogen-bond donors (Lipinski definition) is 1. The smallest absolute Gasteiger partial charge is 0.185 e. The highest BCUT2D eigenvalue weighted by molar-refractivity contribution is 7.15. The van der Waals surface area contributed by atoms with Crippen LogP contribution >= 0.6 is 11.3 Å². The largest absolute Gasteiger partial charge is 0.348 e. The number of piperidine rings is 1. The third-order valence-corrected chi connectivity index (χ3v) is 5.62. The number of aryl methyl sites for hydroxylation is 1. The molecule has 1 aliphatic rings. The molecular formula is C14H26N4S. The highest BCUT2D eigenvalue weighted by atomic mass is 32.1. The zero-order chi connectivity index (χ0) is 14.0. The van der Waals surface area contributed by atoms with Gasteiger partial charge in [0.1, 0.15) is 0 Å². The van der Waals surface area contributed by atoms with Crippen LogP contribution in [0.15, 0.2) is 0 Å². The summed E-state index contributed by atoms with van der Waals surface area (Å²) in [5.74, 6) is 0. The van der Waals surface area contributed by atoms with E-state index in [-0.39, 0.29) is 0 Å². The Bertz CT molecular complexity index is 410. The monoisotopic (exact) mass is 282 g/mol. The fraction of sp³-hybridized carbons (Fsp3) is 0.786. The van der Waals surface area contributed by atoms with Crippen LogP contribution in [0.1, 0.15) is 36.4 Å². The molecule has 19 heavy (non-hydrogen) atoms. The second-order valence-electron chi connectivity index (χ2n) is 5.60. The summed E-state index contributed by atoms with van der Waals surface area (Å²) < 4.78 is 0. The number of rotatable bonds is 4. The molecule has 2 heterocycles. The average molecular weight is 282 g/mol. The zero-order valence-electron chi connectivity index (χ0n) is 12.7. The van der Waals surface area contributed by atoms with Crippen molar-refractivity contribution in [3.63, 3.8) is 0 Å². The maximum absolute atomic E-state index is 4.76. The summed E-state index contributed by atoms with van der Waals surface area (Å²) in [5, 5.41) is 4.48. The van der Waals surface area contributed by atoms with Crippen molar-refractivity contribution in [2.45, 2.75) is 38.8 Å². The molecule has 5 heteroatoms. The minimum atomic E-state index is 0.386. The average Bonchev–Trinajstić information content (AvgIpc) is 2.80. The van der Waals surface area contributed by atoms with Gasteiger partial charge < -0.3 is 15.1 Å². The Morgan fingerprint density at radius 1 is 1.42 bits per heavy atom. The van der Waals surface area contributed by atoms with E-state index in [0.29, 0.717) is 12.1 Å². The first-order chi connectivity index (χ1) is 9.02. The molecule has 1 atom stereocenters. The first-order valence-electron chi connectivity index (χ1n) is 7.09. The van der Waals surface area contributed by atoms with Crippen molar-refractivity contribution in [3.05, 3.63) is 10.6 Å². The lowest BCUT2D eigenvalue weighted by molar-refractivity contribution is 0.253. The van der Waals surface area contributed by atoms with Gasteiger partial charge in [0.05, 0.1) is 5.69 Å². The van der Waals surface area contributed by atoms with Crippen molar-refractivity contribution in [3.8, 4) is 0 Å². The summed E-state index contributed by atoms with van der Waals surface area (Å²) in [6.07, 6.45) is 2.48. The third kappa shape index (κ3) is 3.27. The second kappa shape index (κ2) is 6.20. The molecule has 2 rings (SSSR count). The fourth-order valence-electron chi connectivity index (χ4n) is 2.62. The summed E-state index contributed by atoms with van der Waals surface area (Å²) in [4.78, 5) is 10.9. The Morgan fingerprint density at radius 2 is 2.05 bits per heavy atom. The van der Waals surface area contributed by atoms with E-state index in [9.17, 15) is 0 Å². The molecule has 0 amide bonds. The van der Waals surface area contributed by atoms with E-state index in [2.05, 4.69) is 43.1 Å². The van der Waals surface area contributed by atoms with Crippen LogP contribution in [0.4, 0.5) is 5.13 Å². The lowest BCUT2D eigenvalue weighted by Crippen LogP contribution is -2.41. The predicted octanol–water partition coefficient (Wildman–Crippen LogP) is 2.26. The molecular weight excluding hydrogens is 256 g/mol. The first-order valence-corrected chi connectivity index (χ1v) is 7.90. The van der Waals surface area contributed by atoms with E-state index in [1.165, 1.54) is 41.6 Å². The van der Waals surface area contributed by atoms with Gasteiger partial charge in [-0.2, -0.15) is 0 Å². The normalized spacial score (nSPS) is 19.6. The molecule has 0 aromatic carbocycles. The van der Waals surface area contributed by atoms with Gasteiger partial charge in [-0.1, -0.05) is 0 Å². The Morgan fingerprint density at radius 3 is 2.63 bits per heavy atom. The number of likely N-dealkylation sites (tertiary alicyclic amines) is 1. The Labute approximate surface area is 120 Å². The number of nitrogens with zero attached hydrogens (tertiary/aromatic N) is 3. The minimum Gasteiger partial charge on any atom is -0.348 e.